The summed E-state index contributed by atoms with van der Waals surface area (Å²) in [4.78, 5) is 10.1. The molecule has 0 saturated carbocycles. The average molecular weight is 490 g/mol. The van der Waals surface area contributed by atoms with Crippen LogP contribution in [-0.2, 0) is 4.74 Å². The molecule has 0 aliphatic carbocycles. The predicted octanol–water partition coefficient (Wildman–Crippen LogP) is 5.10. The van der Waals surface area contributed by atoms with Crippen molar-refractivity contribution in [2.24, 2.45) is 0 Å². The number of anilines is 1. The minimum Gasteiger partial charge on any atom is -0.393 e. The Morgan fingerprint density at radius 1 is 1.00 bits per heavy atom. The van der Waals surface area contributed by atoms with Crippen LogP contribution in [0.2, 0.25) is 0 Å². The first-order valence-electron chi connectivity index (χ1n) is 11.5. The van der Waals surface area contributed by atoms with Crippen LogP contribution in [0.25, 0.3) is 22.0 Å². The molecule has 0 radical (unpaired) electrons. The van der Waals surface area contributed by atoms with Crippen LogP contribution < -0.4 is 4.90 Å². The minimum absolute atomic E-state index is 0. The quantitative estimate of drug-likeness (QED) is 0.552. The molecule has 0 spiro atoms. The Balaban J connectivity index is 0.00000153. The number of hydrogen-bond acceptors (Lipinski definition) is 5. The Labute approximate surface area is 208 Å². The van der Waals surface area contributed by atoms with Crippen molar-refractivity contribution in [3.05, 3.63) is 60.2 Å². The molecule has 2 fully saturated rings. The smallest absolute Gasteiger partial charge is 0.137 e. The number of aliphatic hydroxyl groups excluding tert-OH is 1. The molecular formula is C26H33Cl2N3O2. The molecule has 2 atom stereocenters. The lowest BCUT2D eigenvalue weighted by Crippen LogP contribution is -2.46. The van der Waals surface area contributed by atoms with Gasteiger partial charge in [-0.2, -0.15) is 0 Å². The second-order valence-electron chi connectivity index (χ2n) is 8.63. The first-order chi connectivity index (χ1) is 15.2. The van der Waals surface area contributed by atoms with E-state index in [1.807, 2.05) is 0 Å². The Bertz CT molecular complexity index is 1040. The highest BCUT2D eigenvalue weighted by atomic mass is 35.5. The third kappa shape index (κ3) is 5.61. The van der Waals surface area contributed by atoms with E-state index in [4.69, 9.17) is 9.72 Å². The molecule has 1 aromatic heterocycles. The molecule has 0 unspecified atom stereocenters. The highest BCUT2D eigenvalue weighted by Crippen LogP contribution is 2.33. The average Bonchev–Trinajstić information content (AvgIpc) is 2.83. The second-order valence-corrected chi connectivity index (χ2v) is 8.63. The van der Waals surface area contributed by atoms with Crippen molar-refractivity contribution in [1.29, 1.82) is 0 Å². The van der Waals surface area contributed by atoms with Crippen molar-refractivity contribution in [3.8, 4) is 11.3 Å². The van der Waals surface area contributed by atoms with Gasteiger partial charge in [0.05, 0.1) is 17.9 Å². The van der Waals surface area contributed by atoms with E-state index in [2.05, 4.69) is 71.3 Å². The van der Waals surface area contributed by atoms with Crippen LogP contribution in [0.15, 0.2) is 54.6 Å². The maximum absolute atomic E-state index is 9.96. The fraction of sp³-hybridized carbons (Fsp3) is 0.423. The standard InChI is InChI=1S/C26H31N3O2.2ClH/c1-2-28-12-14-29(15-13-28)26-23-6-4-3-5-21(23)17-24(27-26)19-7-9-20(10-8-19)25-18-22(30)11-16-31-25;;/h3-10,17,22,25,30H,2,11-16,18H2,1H3;2*1H/t22-,25+;;/m0../s1. The molecule has 1 N–H and O–H groups in total. The van der Waals surface area contributed by atoms with Gasteiger partial charge in [0, 0.05) is 50.2 Å². The molecule has 2 aliphatic rings. The molecule has 2 aliphatic heterocycles. The number of halogens is 2. The summed E-state index contributed by atoms with van der Waals surface area (Å²) < 4.78 is 5.87. The third-order valence-corrected chi connectivity index (χ3v) is 6.67. The SMILES string of the molecule is CCN1CCN(c2nc(-c3ccc([C@H]4C[C@@H](O)CCO4)cc3)cc3ccccc23)CC1.Cl.Cl. The van der Waals surface area contributed by atoms with Crippen molar-refractivity contribution in [1.82, 2.24) is 9.88 Å². The zero-order chi connectivity index (χ0) is 21.2. The van der Waals surface area contributed by atoms with E-state index in [1.165, 1.54) is 10.8 Å². The summed E-state index contributed by atoms with van der Waals surface area (Å²) in [6.07, 6.45) is 1.11. The van der Waals surface area contributed by atoms with Gasteiger partial charge < -0.3 is 19.6 Å². The number of fused-ring (bicyclic) bond motifs is 1. The van der Waals surface area contributed by atoms with Gasteiger partial charge in [-0.15, -0.1) is 24.8 Å². The molecule has 33 heavy (non-hydrogen) atoms. The Hall–Kier alpha value is -1.89. The van der Waals surface area contributed by atoms with Gasteiger partial charge in [0.1, 0.15) is 5.82 Å². The van der Waals surface area contributed by atoms with Crippen molar-refractivity contribution in [3.63, 3.8) is 0 Å². The van der Waals surface area contributed by atoms with E-state index in [-0.39, 0.29) is 37.0 Å². The van der Waals surface area contributed by atoms with Crippen LogP contribution in [0.1, 0.15) is 31.4 Å². The van der Waals surface area contributed by atoms with Crippen molar-refractivity contribution in [2.45, 2.75) is 32.0 Å². The van der Waals surface area contributed by atoms with Gasteiger partial charge in [-0.25, -0.2) is 4.98 Å². The van der Waals surface area contributed by atoms with Crippen LogP contribution >= 0.6 is 24.8 Å². The van der Waals surface area contributed by atoms with Crippen LogP contribution in [0.5, 0.6) is 0 Å². The van der Waals surface area contributed by atoms with E-state index in [0.717, 1.165) is 61.8 Å². The van der Waals surface area contributed by atoms with Gasteiger partial charge >= 0.3 is 0 Å². The number of likely N-dealkylation sites (N-methyl/N-ethyl adjacent to an activating group) is 1. The fourth-order valence-corrected chi connectivity index (χ4v) is 4.73. The summed E-state index contributed by atoms with van der Waals surface area (Å²) >= 11 is 0. The molecule has 2 saturated heterocycles. The molecule has 5 nitrogen and oxygen atoms in total. The van der Waals surface area contributed by atoms with Gasteiger partial charge in [0.2, 0.25) is 0 Å². The molecule has 3 heterocycles. The normalized spacial score (nSPS) is 21.3. The van der Waals surface area contributed by atoms with Crippen LogP contribution in [0, 0.1) is 0 Å². The number of ether oxygens (including phenoxy) is 1. The number of rotatable bonds is 4. The van der Waals surface area contributed by atoms with Crippen LogP contribution in [0.3, 0.4) is 0 Å². The zero-order valence-corrected chi connectivity index (χ0v) is 20.7. The number of pyridine rings is 1. The summed E-state index contributed by atoms with van der Waals surface area (Å²) in [5.41, 5.74) is 3.24. The first-order valence-corrected chi connectivity index (χ1v) is 11.5. The van der Waals surface area contributed by atoms with Crippen molar-refractivity contribution in [2.75, 3.05) is 44.2 Å². The van der Waals surface area contributed by atoms with Gasteiger partial charge in [0.25, 0.3) is 0 Å². The zero-order valence-electron chi connectivity index (χ0n) is 19.0. The molecule has 7 heteroatoms. The molecular weight excluding hydrogens is 457 g/mol. The van der Waals surface area contributed by atoms with Crippen LogP contribution in [0.4, 0.5) is 5.82 Å². The van der Waals surface area contributed by atoms with E-state index in [9.17, 15) is 5.11 Å². The fourth-order valence-electron chi connectivity index (χ4n) is 4.73. The number of benzene rings is 2. The molecule has 2 aromatic carbocycles. The number of nitrogens with zero attached hydrogens (tertiary/aromatic N) is 3. The molecule has 0 amide bonds. The third-order valence-electron chi connectivity index (χ3n) is 6.67. The Morgan fingerprint density at radius 3 is 2.42 bits per heavy atom. The number of piperazine rings is 1. The van der Waals surface area contributed by atoms with Crippen LogP contribution in [-0.4, -0.2) is 60.4 Å². The Morgan fingerprint density at radius 2 is 1.73 bits per heavy atom. The number of aliphatic hydroxyl groups is 1. The molecule has 0 bridgehead atoms. The Kier molecular flexibility index (Phi) is 8.96. The molecule has 178 valence electrons. The number of aromatic nitrogens is 1. The highest BCUT2D eigenvalue weighted by molar-refractivity contribution is 5.95. The molecule has 3 aromatic rings. The second kappa shape index (κ2) is 11.5. The molecule has 5 rings (SSSR count). The summed E-state index contributed by atoms with van der Waals surface area (Å²) in [5, 5.41) is 12.4. The summed E-state index contributed by atoms with van der Waals surface area (Å²) in [5.74, 6) is 1.09. The number of hydrogen-bond donors (Lipinski definition) is 1. The lowest BCUT2D eigenvalue weighted by molar-refractivity contribution is -0.0447. The largest absolute Gasteiger partial charge is 0.393 e. The van der Waals surface area contributed by atoms with Crippen molar-refractivity contribution >= 4 is 41.4 Å². The van der Waals surface area contributed by atoms with Gasteiger partial charge in [0.15, 0.2) is 0 Å². The van der Waals surface area contributed by atoms with E-state index in [0.29, 0.717) is 13.0 Å². The lowest BCUT2D eigenvalue weighted by atomic mass is 9.97. The summed E-state index contributed by atoms with van der Waals surface area (Å²) in [6.45, 7) is 8.14. The predicted molar refractivity (Wildman–Crippen MR) is 140 cm³/mol. The topological polar surface area (TPSA) is 48.8 Å². The van der Waals surface area contributed by atoms with Gasteiger partial charge in [-0.05, 0) is 30.0 Å². The highest BCUT2D eigenvalue weighted by Gasteiger charge is 2.23. The first kappa shape index (κ1) is 25.7. The summed E-state index contributed by atoms with van der Waals surface area (Å²) in [6, 6.07) is 19.3. The van der Waals surface area contributed by atoms with E-state index < -0.39 is 0 Å². The van der Waals surface area contributed by atoms with Gasteiger partial charge in [-0.3, -0.25) is 0 Å². The lowest BCUT2D eigenvalue weighted by Gasteiger charge is -2.35. The van der Waals surface area contributed by atoms with E-state index >= 15 is 0 Å². The maximum atomic E-state index is 9.96. The monoisotopic (exact) mass is 489 g/mol. The summed E-state index contributed by atoms with van der Waals surface area (Å²) in [7, 11) is 0. The maximum Gasteiger partial charge on any atom is 0.137 e. The minimum atomic E-state index is -0.267. The van der Waals surface area contributed by atoms with E-state index in [1.54, 1.807) is 0 Å². The van der Waals surface area contributed by atoms with Crippen molar-refractivity contribution < 1.29 is 9.84 Å². The van der Waals surface area contributed by atoms with Gasteiger partial charge in [-0.1, -0.05) is 55.5 Å².